The normalized spacial score (nSPS) is 11.4. The van der Waals surface area contributed by atoms with E-state index in [1.54, 1.807) is 25.1 Å². The van der Waals surface area contributed by atoms with Gasteiger partial charge in [0.2, 0.25) is 5.95 Å². The molecule has 0 spiro atoms. The number of aryl methyl sites for hydroxylation is 2. The average molecular weight is 392 g/mol. The Kier molecular flexibility index (Phi) is 5.25. The molecule has 0 aliphatic heterocycles. The van der Waals surface area contributed by atoms with Crippen LogP contribution in [0.15, 0.2) is 30.5 Å². The van der Waals surface area contributed by atoms with Gasteiger partial charge < -0.3 is 10.4 Å². The zero-order valence-electron chi connectivity index (χ0n) is 14.6. The van der Waals surface area contributed by atoms with Crippen molar-refractivity contribution in [3.63, 3.8) is 0 Å². The van der Waals surface area contributed by atoms with Gasteiger partial charge in [0.05, 0.1) is 6.42 Å². The van der Waals surface area contributed by atoms with Gasteiger partial charge in [-0.1, -0.05) is 0 Å². The molecule has 8 nitrogen and oxygen atoms in total. The average Bonchev–Trinajstić information content (AvgIpc) is 3.08. The smallest absolute Gasteiger partial charge is 0.433 e. The standard InChI is InChI=1S/C17H15F3N6O2/c1-9-6-10(15-24-13(25-26-15)2-3-14(27)28)8-11(7-9)22-16-21-5-4-12(23-16)17(18,19)20/h4-8H,2-3H2,1H3,(H,27,28)(H,21,22,23)(H,24,25,26). The number of carboxylic acid groups (broad SMARTS) is 1. The minimum Gasteiger partial charge on any atom is -0.481 e. The van der Waals surface area contributed by atoms with E-state index in [2.05, 4.69) is 30.5 Å². The number of H-pyrrole nitrogens is 1. The van der Waals surface area contributed by atoms with Crippen molar-refractivity contribution in [1.29, 1.82) is 0 Å². The molecular formula is C17H15F3N6O2. The zero-order valence-corrected chi connectivity index (χ0v) is 14.6. The molecule has 0 saturated carbocycles. The summed E-state index contributed by atoms with van der Waals surface area (Å²) in [6.07, 6.45) is -3.42. The predicted octanol–water partition coefficient (Wildman–Crippen LogP) is 3.35. The van der Waals surface area contributed by atoms with Crippen LogP contribution in [-0.2, 0) is 17.4 Å². The number of alkyl halides is 3. The Morgan fingerprint density at radius 2 is 2.04 bits per heavy atom. The fourth-order valence-electron chi connectivity index (χ4n) is 2.45. The SMILES string of the molecule is Cc1cc(Nc2nccc(C(F)(F)F)n2)cc(-c2n[nH]c(CCC(=O)O)n2)c1. The van der Waals surface area contributed by atoms with Gasteiger partial charge in [-0.3, -0.25) is 9.89 Å². The molecule has 1 aromatic carbocycles. The van der Waals surface area contributed by atoms with Crippen molar-refractivity contribution in [1.82, 2.24) is 25.1 Å². The van der Waals surface area contributed by atoms with Crippen LogP contribution >= 0.6 is 0 Å². The third-order valence-electron chi connectivity index (χ3n) is 3.65. The van der Waals surface area contributed by atoms with Gasteiger partial charge in [-0.25, -0.2) is 15.0 Å². The lowest BCUT2D eigenvalue weighted by Crippen LogP contribution is -2.10. The summed E-state index contributed by atoms with van der Waals surface area (Å²) >= 11 is 0. The molecule has 3 rings (SSSR count). The first-order valence-electron chi connectivity index (χ1n) is 8.13. The maximum absolute atomic E-state index is 12.8. The van der Waals surface area contributed by atoms with E-state index in [0.29, 0.717) is 22.9 Å². The second-order valence-corrected chi connectivity index (χ2v) is 5.98. The Labute approximate surface area is 156 Å². The van der Waals surface area contributed by atoms with Gasteiger partial charge in [0.25, 0.3) is 0 Å². The van der Waals surface area contributed by atoms with Crippen LogP contribution in [0.1, 0.15) is 23.5 Å². The Morgan fingerprint density at radius 3 is 2.75 bits per heavy atom. The molecule has 0 unspecified atom stereocenters. The van der Waals surface area contributed by atoms with Crippen molar-refractivity contribution < 1.29 is 23.1 Å². The topological polar surface area (TPSA) is 117 Å². The second-order valence-electron chi connectivity index (χ2n) is 5.98. The number of halogens is 3. The summed E-state index contributed by atoms with van der Waals surface area (Å²) in [7, 11) is 0. The molecule has 0 radical (unpaired) electrons. The third-order valence-corrected chi connectivity index (χ3v) is 3.65. The van der Waals surface area contributed by atoms with Crippen LogP contribution in [0, 0.1) is 6.92 Å². The van der Waals surface area contributed by atoms with Crippen LogP contribution in [0.3, 0.4) is 0 Å². The maximum atomic E-state index is 12.8. The van der Waals surface area contributed by atoms with E-state index in [1.165, 1.54) is 0 Å². The van der Waals surface area contributed by atoms with Crippen molar-refractivity contribution in [2.24, 2.45) is 0 Å². The van der Waals surface area contributed by atoms with E-state index in [4.69, 9.17) is 5.11 Å². The minimum absolute atomic E-state index is 0.0812. The van der Waals surface area contributed by atoms with Gasteiger partial charge in [0.1, 0.15) is 11.5 Å². The van der Waals surface area contributed by atoms with E-state index in [-0.39, 0.29) is 18.8 Å². The van der Waals surface area contributed by atoms with Crippen molar-refractivity contribution >= 4 is 17.6 Å². The Hall–Kier alpha value is -3.50. The zero-order chi connectivity index (χ0) is 20.3. The molecule has 3 aromatic rings. The van der Waals surface area contributed by atoms with Crippen molar-refractivity contribution in [3.8, 4) is 11.4 Å². The number of hydrogen-bond donors (Lipinski definition) is 3. The highest BCUT2D eigenvalue weighted by Gasteiger charge is 2.32. The summed E-state index contributed by atoms with van der Waals surface area (Å²) in [5, 5.41) is 18.2. The highest BCUT2D eigenvalue weighted by molar-refractivity contribution is 5.67. The molecule has 0 aliphatic carbocycles. The number of carboxylic acids is 1. The first-order chi connectivity index (χ1) is 13.2. The van der Waals surface area contributed by atoms with E-state index in [1.807, 2.05) is 0 Å². The quantitative estimate of drug-likeness (QED) is 0.589. The molecule has 28 heavy (non-hydrogen) atoms. The first-order valence-corrected chi connectivity index (χ1v) is 8.13. The van der Waals surface area contributed by atoms with Crippen molar-refractivity contribution in [2.75, 3.05) is 5.32 Å². The monoisotopic (exact) mass is 392 g/mol. The number of benzene rings is 1. The molecule has 0 amide bonds. The van der Waals surface area contributed by atoms with Crippen molar-refractivity contribution in [3.05, 3.63) is 47.5 Å². The minimum atomic E-state index is -4.57. The molecule has 0 aliphatic rings. The fourth-order valence-corrected chi connectivity index (χ4v) is 2.45. The lowest BCUT2D eigenvalue weighted by atomic mass is 10.1. The van der Waals surface area contributed by atoms with E-state index in [0.717, 1.165) is 17.8 Å². The lowest BCUT2D eigenvalue weighted by Gasteiger charge is -2.10. The molecule has 2 aromatic heterocycles. The summed E-state index contributed by atoms with van der Waals surface area (Å²) in [6, 6.07) is 5.94. The summed E-state index contributed by atoms with van der Waals surface area (Å²) in [4.78, 5) is 22.2. The maximum Gasteiger partial charge on any atom is 0.433 e. The Bertz CT molecular complexity index is 1000. The molecule has 11 heteroatoms. The number of carbonyl (C=O) groups is 1. The van der Waals surface area contributed by atoms with Gasteiger partial charge in [-0.2, -0.15) is 18.3 Å². The van der Waals surface area contributed by atoms with Crippen LogP contribution in [0.4, 0.5) is 24.8 Å². The summed E-state index contributed by atoms with van der Waals surface area (Å²) < 4.78 is 38.4. The van der Waals surface area contributed by atoms with Crippen molar-refractivity contribution in [2.45, 2.75) is 25.9 Å². The van der Waals surface area contributed by atoms with Crippen LogP contribution in [0.25, 0.3) is 11.4 Å². The highest BCUT2D eigenvalue weighted by atomic mass is 19.4. The fraction of sp³-hybridized carbons (Fsp3) is 0.235. The number of aromatic amines is 1. The molecule has 0 fully saturated rings. The molecule has 0 saturated heterocycles. The number of aliphatic carboxylic acids is 1. The van der Waals surface area contributed by atoms with Crippen LogP contribution in [0.5, 0.6) is 0 Å². The molecular weight excluding hydrogens is 377 g/mol. The van der Waals surface area contributed by atoms with E-state index < -0.39 is 17.8 Å². The second kappa shape index (κ2) is 7.62. The third kappa shape index (κ3) is 4.81. The molecule has 0 bridgehead atoms. The number of nitrogens with zero attached hydrogens (tertiary/aromatic N) is 4. The summed E-state index contributed by atoms with van der Waals surface area (Å²) in [5.41, 5.74) is 0.831. The summed E-state index contributed by atoms with van der Waals surface area (Å²) in [5.74, 6) is -0.365. The van der Waals surface area contributed by atoms with Crippen LogP contribution < -0.4 is 5.32 Å². The van der Waals surface area contributed by atoms with Gasteiger partial charge >= 0.3 is 12.1 Å². The Morgan fingerprint density at radius 1 is 1.25 bits per heavy atom. The number of anilines is 2. The Balaban J connectivity index is 1.83. The highest BCUT2D eigenvalue weighted by Crippen LogP contribution is 2.29. The van der Waals surface area contributed by atoms with E-state index >= 15 is 0 Å². The first kappa shape index (κ1) is 19.3. The number of rotatable bonds is 6. The van der Waals surface area contributed by atoms with Gasteiger partial charge in [0.15, 0.2) is 5.82 Å². The number of hydrogen-bond acceptors (Lipinski definition) is 6. The lowest BCUT2D eigenvalue weighted by molar-refractivity contribution is -0.141. The van der Waals surface area contributed by atoms with Gasteiger partial charge in [-0.05, 0) is 36.8 Å². The largest absolute Gasteiger partial charge is 0.481 e. The van der Waals surface area contributed by atoms with Gasteiger partial charge in [-0.15, -0.1) is 0 Å². The molecule has 3 N–H and O–H groups in total. The molecule has 0 atom stereocenters. The molecule has 146 valence electrons. The number of aromatic nitrogens is 5. The van der Waals surface area contributed by atoms with Crippen LogP contribution in [-0.4, -0.2) is 36.2 Å². The van der Waals surface area contributed by atoms with Crippen LogP contribution in [0.2, 0.25) is 0 Å². The predicted molar refractivity (Wildman–Crippen MR) is 92.8 cm³/mol. The molecule has 2 heterocycles. The summed E-state index contributed by atoms with van der Waals surface area (Å²) in [6.45, 7) is 1.81. The number of nitrogens with one attached hydrogen (secondary N) is 2. The van der Waals surface area contributed by atoms with Gasteiger partial charge in [0, 0.05) is 23.9 Å². The van der Waals surface area contributed by atoms with E-state index in [9.17, 15) is 18.0 Å².